The zero-order valence-corrected chi connectivity index (χ0v) is 10.5. The van der Waals surface area contributed by atoms with Gasteiger partial charge in [0.05, 0.1) is 5.60 Å². The van der Waals surface area contributed by atoms with Crippen LogP contribution in [0.25, 0.3) is 0 Å². The quantitative estimate of drug-likeness (QED) is 0.435. The fraction of sp³-hybridized carbons (Fsp3) is 0.833. The molecule has 1 aliphatic carbocycles. The van der Waals surface area contributed by atoms with Crippen LogP contribution in [0.5, 0.6) is 0 Å². The lowest BCUT2D eigenvalue weighted by atomic mass is 9.82. The van der Waals surface area contributed by atoms with Gasteiger partial charge in [-0.2, -0.15) is 0 Å². The van der Waals surface area contributed by atoms with Crippen LogP contribution >= 0.6 is 0 Å². The average molecular weight is 210 g/mol. The summed E-state index contributed by atoms with van der Waals surface area (Å²) in [5, 5.41) is 0. The summed E-state index contributed by atoms with van der Waals surface area (Å²) in [4.78, 5) is 0. The zero-order chi connectivity index (χ0) is 10.1. The number of hydrogen-bond donors (Lipinski definition) is 0. The molecular weight excluding hydrogens is 188 g/mol. The maximum absolute atomic E-state index is 6.50. The molecule has 1 saturated carbocycles. The predicted octanol–water partition coefficient (Wildman–Crippen LogP) is 3.87. The molecule has 0 aromatic heterocycles. The van der Waals surface area contributed by atoms with Crippen molar-refractivity contribution in [3.8, 4) is 0 Å². The Labute approximate surface area is 88.7 Å². The highest BCUT2D eigenvalue weighted by Gasteiger charge is 2.39. The monoisotopic (exact) mass is 210 g/mol. The summed E-state index contributed by atoms with van der Waals surface area (Å²) in [7, 11) is -1.39. The van der Waals surface area contributed by atoms with Crippen LogP contribution in [0.1, 0.15) is 38.5 Å². The summed E-state index contributed by atoms with van der Waals surface area (Å²) < 4.78 is 6.50. The Hall–Kier alpha value is -0.0831. The molecule has 0 saturated heterocycles. The maximum Gasteiger partial charge on any atom is 0.191 e. The van der Waals surface area contributed by atoms with E-state index in [0.29, 0.717) is 0 Å². The second-order valence-corrected chi connectivity index (χ2v) is 9.62. The van der Waals surface area contributed by atoms with E-state index in [-0.39, 0.29) is 5.60 Å². The van der Waals surface area contributed by atoms with Gasteiger partial charge in [0.15, 0.2) is 8.32 Å². The Kier molecular flexibility index (Phi) is 2.85. The standard InChI is InChI=1S/C12H22OSi/c1-14(2)11-7-6-10-12(13-14)8-4-3-5-9-12/h6-7H,3-5,8-11H2,1-2H3. The molecular formula is C12H22OSi. The molecule has 0 N–H and O–H groups in total. The molecule has 0 bridgehead atoms. The van der Waals surface area contributed by atoms with Crippen molar-refractivity contribution in [2.75, 3.05) is 0 Å². The normalized spacial score (nSPS) is 30.1. The molecule has 0 aromatic rings. The smallest absolute Gasteiger partial charge is 0.191 e. The second-order valence-electron chi connectivity index (χ2n) is 5.49. The van der Waals surface area contributed by atoms with Gasteiger partial charge in [0, 0.05) is 0 Å². The molecule has 1 spiro atoms. The van der Waals surface area contributed by atoms with Gasteiger partial charge in [0.25, 0.3) is 0 Å². The summed E-state index contributed by atoms with van der Waals surface area (Å²) in [5.41, 5.74) is 0.251. The molecule has 2 rings (SSSR count). The van der Waals surface area contributed by atoms with Crippen molar-refractivity contribution in [1.82, 2.24) is 0 Å². The van der Waals surface area contributed by atoms with Crippen molar-refractivity contribution in [2.24, 2.45) is 0 Å². The van der Waals surface area contributed by atoms with E-state index in [4.69, 9.17) is 4.43 Å². The van der Waals surface area contributed by atoms with E-state index >= 15 is 0 Å². The fourth-order valence-electron chi connectivity index (χ4n) is 2.84. The minimum atomic E-state index is -1.39. The van der Waals surface area contributed by atoms with Gasteiger partial charge < -0.3 is 4.43 Å². The van der Waals surface area contributed by atoms with E-state index < -0.39 is 8.32 Å². The Morgan fingerprint density at radius 1 is 1.07 bits per heavy atom. The summed E-state index contributed by atoms with van der Waals surface area (Å²) >= 11 is 0. The first-order valence-electron chi connectivity index (χ1n) is 5.97. The minimum absolute atomic E-state index is 0.251. The molecule has 0 aromatic carbocycles. The third-order valence-corrected chi connectivity index (χ3v) is 5.73. The maximum atomic E-state index is 6.50. The summed E-state index contributed by atoms with van der Waals surface area (Å²) in [5.74, 6) is 0. The molecule has 2 heteroatoms. The lowest BCUT2D eigenvalue weighted by Crippen LogP contribution is -2.44. The molecule has 14 heavy (non-hydrogen) atoms. The van der Waals surface area contributed by atoms with Crippen molar-refractivity contribution < 1.29 is 4.43 Å². The van der Waals surface area contributed by atoms with Gasteiger partial charge in [-0.05, 0) is 38.4 Å². The molecule has 2 aliphatic rings. The van der Waals surface area contributed by atoms with Crippen LogP contribution < -0.4 is 0 Å². The van der Waals surface area contributed by atoms with Crippen LogP contribution in [-0.2, 0) is 4.43 Å². The van der Waals surface area contributed by atoms with Gasteiger partial charge in [0.2, 0.25) is 0 Å². The van der Waals surface area contributed by atoms with E-state index in [1.54, 1.807) is 0 Å². The molecule has 1 nitrogen and oxygen atoms in total. The van der Waals surface area contributed by atoms with E-state index in [0.717, 1.165) is 0 Å². The lowest BCUT2D eigenvalue weighted by Gasteiger charge is -2.41. The first-order valence-corrected chi connectivity index (χ1v) is 9.09. The molecule has 1 heterocycles. The highest BCUT2D eigenvalue weighted by Crippen LogP contribution is 2.39. The Morgan fingerprint density at radius 3 is 2.50 bits per heavy atom. The molecule has 0 amide bonds. The number of hydrogen-bond acceptors (Lipinski definition) is 1. The second kappa shape index (κ2) is 3.82. The van der Waals surface area contributed by atoms with E-state index in [9.17, 15) is 0 Å². The van der Waals surface area contributed by atoms with Gasteiger partial charge in [-0.15, -0.1) is 0 Å². The third-order valence-electron chi connectivity index (χ3n) is 3.52. The highest BCUT2D eigenvalue weighted by molar-refractivity contribution is 6.71. The molecule has 0 unspecified atom stereocenters. The fourth-order valence-corrected chi connectivity index (χ4v) is 5.11. The largest absolute Gasteiger partial charge is 0.411 e. The number of allylic oxidation sites excluding steroid dienone is 1. The van der Waals surface area contributed by atoms with Crippen molar-refractivity contribution >= 4 is 8.32 Å². The topological polar surface area (TPSA) is 9.23 Å². The van der Waals surface area contributed by atoms with E-state index in [1.807, 2.05) is 0 Å². The molecule has 0 atom stereocenters. The third kappa shape index (κ3) is 2.29. The number of rotatable bonds is 0. The first-order chi connectivity index (χ1) is 6.62. The summed E-state index contributed by atoms with van der Waals surface area (Å²) in [6.45, 7) is 4.72. The van der Waals surface area contributed by atoms with Crippen LogP contribution in [0.15, 0.2) is 12.2 Å². The molecule has 80 valence electrons. The summed E-state index contributed by atoms with van der Waals surface area (Å²) in [6.07, 6.45) is 12.7. The van der Waals surface area contributed by atoms with Gasteiger partial charge in [0.1, 0.15) is 0 Å². The van der Waals surface area contributed by atoms with Crippen molar-refractivity contribution in [2.45, 2.75) is 63.3 Å². The van der Waals surface area contributed by atoms with Crippen LogP contribution in [0.4, 0.5) is 0 Å². The predicted molar refractivity (Wildman–Crippen MR) is 62.9 cm³/mol. The summed E-state index contributed by atoms with van der Waals surface area (Å²) in [6, 6.07) is 1.20. The zero-order valence-electron chi connectivity index (χ0n) is 9.51. The van der Waals surface area contributed by atoms with Crippen LogP contribution in [0.2, 0.25) is 19.1 Å². The van der Waals surface area contributed by atoms with Gasteiger partial charge in [-0.3, -0.25) is 0 Å². The van der Waals surface area contributed by atoms with Gasteiger partial charge >= 0.3 is 0 Å². The molecule has 0 radical (unpaired) electrons. The van der Waals surface area contributed by atoms with E-state index in [1.165, 1.54) is 44.6 Å². The van der Waals surface area contributed by atoms with Crippen LogP contribution in [-0.4, -0.2) is 13.9 Å². The molecule has 1 aliphatic heterocycles. The van der Waals surface area contributed by atoms with Crippen LogP contribution in [0.3, 0.4) is 0 Å². The minimum Gasteiger partial charge on any atom is -0.411 e. The van der Waals surface area contributed by atoms with Crippen molar-refractivity contribution in [3.05, 3.63) is 12.2 Å². The Bertz CT molecular complexity index is 226. The average Bonchev–Trinajstić information content (AvgIpc) is 2.26. The SMILES string of the molecule is C[Si]1(C)CC=CCC2(CCCCC2)O1. The van der Waals surface area contributed by atoms with Gasteiger partial charge in [-0.25, -0.2) is 0 Å². The first kappa shape index (κ1) is 10.4. The Balaban J connectivity index is 2.13. The Morgan fingerprint density at radius 2 is 1.79 bits per heavy atom. The van der Waals surface area contributed by atoms with Crippen LogP contribution in [0, 0.1) is 0 Å². The van der Waals surface area contributed by atoms with Crippen molar-refractivity contribution in [3.63, 3.8) is 0 Å². The van der Waals surface area contributed by atoms with E-state index in [2.05, 4.69) is 25.2 Å². The van der Waals surface area contributed by atoms with Crippen molar-refractivity contribution in [1.29, 1.82) is 0 Å². The highest BCUT2D eigenvalue weighted by atomic mass is 28.4. The lowest BCUT2D eigenvalue weighted by molar-refractivity contribution is 0.0262. The van der Waals surface area contributed by atoms with Gasteiger partial charge in [-0.1, -0.05) is 31.4 Å². The molecule has 1 fully saturated rings.